The summed E-state index contributed by atoms with van der Waals surface area (Å²) >= 11 is 0. The Morgan fingerprint density at radius 2 is 2.06 bits per heavy atom. The maximum atomic E-state index is 11.6. The summed E-state index contributed by atoms with van der Waals surface area (Å²) in [6.07, 6.45) is 3.59. The topological polar surface area (TPSA) is 61.4 Å². The molecule has 0 heterocycles. The van der Waals surface area contributed by atoms with E-state index in [-0.39, 0.29) is 12.1 Å². The van der Waals surface area contributed by atoms with Crippen molar-refractivity contribution in [2.75, 3.05) is 6.54 Å². The molecule has 0 aromatic rings. The van der Waals surface area contributed by atoms with E-state index in [2.05, 4.69) is 24.5 Å². The highest BCUT2D eigenvalue weighted by atomic mass is 16.3. The third-order valence-corrected chi connectivity index (χ3v) is 3.78. The molecule has 4 nitrogen and oxygen atoms in total. The van der Waals surface area contributed by atoms with E-state index in [1.165, 1.54) is 6.42 Å². The van der Waals surface area contributed by atoms with Crippen molar-refractivity contribution in [3.05, 3.63) is 0 Å². The van der Waals surface area contributed by atoms with Crippen LogP contribution in [0.5, 0.6) is 0 Å². The van der Waals surface area contributed by atoms with Crippen LogP contribution in [0.4, 0.5) is 4.79 Å². The maximum Gasteiger partial charge on any atom is 0.315 e. The Kier molecular flexibility index (Phi) is 5.75. The van der Waals surface area contributed by atoms with Crippen LogP contribution in [0.3, 0.4) is 0 Å². The van der Waals surface area contributed by atoms with Crippen molar-refractivity contribution >= 4 is 6.03 Å². The molecule has 0 aliphatic heterocycles. The highest BCUT2D eigenvalue weighted by Crippen LogP contribution is 2.29. The van der Waals surface area contributed by atoms with Crippen molar-refractivity contribution < 1.29 is 9.90 Å². The molecule has 4 heteroatoms. The van der Waals surface area contributed by atoms with E-state index in [1.54, 1.807) is 6.92 Å². The summed E-state index contributed by atoms with van der Waals surface area (Å²) in [5.74, 6) is 1.46. The second kappa shape index (κ2) is 6.84. The highest BCUT2D eigenvalue weighted by molar-refractivity contribution is 5.74. The molecule has 0 saturated heterocycles. The molecule has 2 amide bonds. The van der Waals surface area contributed by atoms with Crippen molar-refractivity contribution in [2.24, 2.45) is 11.8 Å². The van der Waals surface area contributed by atoms with Gasteiger partial charge < -0.3 is 15.7 Å². The lowest BCUT2D eigenvalue weighted by Gasteiger charge is -2.32. The first-order valence-corrected chi connectivity index (χ1v) is 6.71. The Hall–Kier alpha value is -0.770. The molecular weight excluding hydrogens is 216 g/mol. The molecule has 1 saturated carbocycles. The van der Waals surface area contributed by atoms with Crippen molar-refractivity contribution in [1.29, 1.82) is 0 Å². The fraction of sp³-hybridized carbons (Fsp3) is 0.923. The molecule has 3 N–H and O–H groups in total. The molecule has 0 radical (unpaired) electrons. The number of rotatable bonds is 4. The molecule has 17 heavy (non-hydrogen) atoms. The minimum absolute atomic E-state index is 0.0996. The predicted molar refractivity (Wildman–Crippen MR) is 68.8 cm³/mol. The van der Waals surface area contributed by atoms with E-state index >= 15 is 0 Å². The number of nitrogens with one attached hydrogen (secondary N) is 2. The molecule has 4 atom stereocenters. The van der Waals surface area contributed by atoms with Crippen LogP contribution in [0.15, 0.2) is 0 Å². The number of aliphatic hydroxyl groups is 1. The number of hydrogen-bond acceptors (Lipinski definition) is 2. The lowest BCUT2D eigenvalue weighted by molar-refractivity contribution is 0.181. The molecule has 1 aliphatic carbocycles. The number of carbonyl (C=O) groups is 1. The standard InChI is InChI=1S/C13H26N2O2/c1-9-4-5-12(8-10(9)2)15-13(17)14-7-6-11(3)16/h9-12,16H,4-8H2,1-3H3,(H2,14,15,17)/t9-,10+,11-,12+/m0/s1. The lowest BCUT2D eigenvalue weighted by atomic mass is 9.79. The molecule has 1 rings (SSSR count). The van der Waals surface area contributed by atoms with Gasteiger partial charge in [-0.25, -0.2) is 4.79 Å². The van der Waals surface area contributed by atoms with Gasteiger partial charge in [-0.15, -0.1) is 0 Å². The zero-order chi connectivity index (χ0) is 12.8. The van der Waals surface area contributed by atoms with Gasteiger partial charge in [-0.05, 0) is 44.4 Å². The summed E-state index contributed by atoms with van der Waals surface area (Å²) in [7, 11) is 0. The fourth-order valence-electron chi connectivity index (χ4n) is 2.31. The first-order valence-electron chi connectivity index (χ1n) is 6.71. The monoisotopic (exact) mass is 242 g/mol. The third kappa shape index (κ3) is 5.39. The van der Waals surface area contributed by atoms with Gasteiger partial charge in [0.05, 0.1) is 6.10 Å². The van der Waals surface area contributed by atoms with Gasteiger partial charge in [0, 0.05) is 12.6 Å². The second-order valence-electron chi connectivity index (χ2n) is 5.50. The number of carbonyl (C=O) groups excluding carboxylic acids is 1. The Labute approximate surface area is 104 Å². The van der Waals surface area contributed by atoms with Crippen LogP contribution < -0.4 is 10.6 Å². The average molecular weight is 242 g/mol. The Morgan fingerprint density at radius 3 is 2.65 bits per heavy atom. The molecule has 0 aromatic carbocycles. The Balaban J connectivity index is 2.18. The molecule has 100 valence electrons. The van der Waals surface area contributed by atoms with Gasteiger partial charge >= 0.3 is 6.03 Å². The van der Waals surface area contributed by atoms with Gasteiger partial charge in [-0.1, -0.05) is 13.8 Å². The van der Waals surface area contributed by atoms with Crippen molar-refractivity contribution in [2.45, 2.75) is 58.6 Å². The summed E-state index contributed by atoms with van der Waals surface area (Å²) in [5.41, 5.74) is 0. The number of aliphatic hydroxyl groups excluding tert-OH is 1. The van der Waals surface area contributed by atoms with E-state index < -0.39 is 0 Å². The van der Waals surface area contributed by atoms with Crippen LogP contribution in [0.25, 0.3) is 0 Å². The van der Waals surface area contributed by atoms with Gasteiger partial charge in [-0.2, -0.15) is 0 Å². The maximum absolute atomic E-state index is 11.6. The predicted octanol–water partition coefficient (Wildman–Crippen LogP) is 1.88. The van der Waals surface area contributed by atoms with Gasteiger partial charge in [-0.3, -0.25) is 0 Å². The molecule has 1 fully saturated rings. The molecule has 0 spiro atoms. The zero-order valence-corrected chi connectivity index (χ0v) is 11.2. The first-order chi connectivity index (χ1) is 7.99. The van der Waals surface area contributed by atoms with Crippen LogP contribution in [-0.2, 0) is 0 Å². The van der Waals surface area contributed by atoms with E-state index in [0.717, 1.165) is 18.8 Å². The Bertz CT molecular complexity index is 244. The third-order valence-electron chi connectivity index (χ3n) is 3.78. The van der Waals surface area contributed by atoms with Gasteiger partial charge in [0.2, 0.25) is 0 Å². The number of urea groups is 1. The highest BCUT2D eigenvalue weighted by Gasteiger charge is 2.25. The minimum Gasteiger partial charge on any atom is -0.393 e. The number of hydrogen-bond donors (Lipinski definition) is 3. The van der Waals surface area contributed by atoms with Gasteiger partial charge in [0.25, 0.3) is 0 Å². The normalized spacial score (nSPS) is 30.7. The SMILES string of the molecule is C[C@H](O)CCNC(=O)N[C@@H]1CC[C@H](C)[C@H](C)C1. The second-order valence-corrected chi connectivity index (χ2v) is 5.50. The minimum atomic E-state index is -0.356. The van der Waals surface area contributed by atoms with Crippen LogP contribution in [0, 0.1) is 11.8 Å². The average Bonchev–Trinajstić information content (AvgIpc) is 2.23. The molecule has 0 unspecified atom stereocenters. The van der Waals surface area contributed by atoms with Crippen molar-refractivity contribution in [3.63, 3.8) is 0 Å². The smallest absolute Gasteiger partial charge is 0.315 e. The molecule has 0 bridgehead atoms. The molecule has 0 aromatic heterocycles. The lowest BCUT2D eigenvalue weighted by Crippen LogP contribution is -2.45. The van der Waals surface area contributed by atoms with Crippen LogP contribution >= 0.6 is 0 Å². The summed E-state index contributed by atoms with van der Waals surface area (Å²) in [6.45, 7) is 6.79. The molecular formula is C13H26N2O2. The van der Waals surface area contributed by atoms with Gasteiger partial charge in [0.15, 0.2) is 0 Å². The molecule has 1 aliphatic rings. The van der Waals surface area contributed by atoms with E-state index in [1.807, 2.05) is 0 Å². The summed E-state index contributed by atoms with van der Waals surface area (Å²) < 4.78 is 0. The summed E-state index contributed by atoms with van der Waals surface area (Å²) in [5, 5.41) is 14.9. The summed E-state index contributed by atoms with van der Waals surface area (Å²) in [6, 6.07) is 0.213. The van der Waals surface area contributed by atoms with E-state index in [9.17, 15) is 4.79 Å². The van der Waals surface area contributed by atoms with Crippen LogP contribution in [0.1, 0.15) is 46.5 Å². The summed E-state index contributed by atoms with van der Waals surface area (Å²) in [4.78, 5) is 11.6. The first kappa shape index (κ1) is 14.3. The number of amides is 2. The van der Waals surface area contributed by atoms with Crippen molar-refractivity contribution in [3.8, 4) is 0 Å². The van der Waals surface area contributed by atoms with E-state index in [0.29, 0.717) is 24.9 Å². The van der Waals surface area contributed by atoms with E-state index in [4.69, 9.17) is 5.11 Å². The Morgan fingerprint density at radius 1 is 1.35 bits per heavy atom. The van der Waals surface area contributed by atoms with Crippen LogP contribution in [-0.4, -0.2) is 29.8 Å². The largest absolute Gasteiger partial charge is 0.393 e. The van der Waals surface area contributed by atoms with Crippen LogP contribution in [0.2, 0.25) is 0 Å². The van der Waals surface area contributed by atoms with Gasteiger partial charge in [0.1, 0.15) is 0 Å². The van der Waals surface area contributed by atoms with Crippen molar-refractivity contribution in [1.82, 2.24) is 10.6 Å². The quantitative estimate of drug-likeness (QED) is 0.705. The fourth-order valence-corrected chi connectivity index (χ4v) is 2.31. The zero-order valence-electron chi connectivity index (χ0n) is 11.2.